The molecule has 0 aliphatic heterocycles. The summed E-state index contributed by atoms with van der Waals surface area (Å²) < 4.78 is 1.88. The summed E-state index contributed by atoms with van der Waals surface area (Å²) >= 11 is 0. The standard InChI is InChI=1S/C21H23N3O/c1-17(2)15-24(13-6-9-18-7-4-3-5-8-18)21(25)19-10-11-20-22-12-14-23(20)16-19/h3-12,14,16-17H,13,15H2,1-2H3/b9-6+. The second-order valence-electron chi connectivity index (χ2n) is 6.53. The number of hydrogen-bond donors (Lipinski definition) is 0. The molecule has 4 nitrogen and oxygen atoms in total. The Bertz CT molecular complexity index is 865. The van der Waals surface area contributed by atoms with Crippen molar-refractivity contribution in [1.29, 1.82) is 0 Å². The van der Waals surface area contributed by atoms with Gasteiger partial charge in [0.05, 0.1) is 5.56 Å². The molecule has 0 aliphatic rings. The molecule has 1 amide bonds. The van der Waals surface area contributed by atoms with Crippen molar-refractivity contribution in [1.82, 2.24) is 14.3 Å². The minimum absolute atomic E-state index is 0.0435. The van der Waals surface area contributed by atoms with E-state index in [1.54, 1.807) is 6.20 Å². The molecule has 2 heterocycles. The molecule has 0 atom stereocenters. The van der Waals surface area contributed by atoms with E-state index in [2.05, 4.69) is 37.0 Å². The molecule has 0 saturated heterocycles. The fourth-order valence-electron chi connectivity index (χ4n) is 2.79. The van der Waals surface area contributed by atoms with Gasteiger partial charge in [-0.3, -0.25) is 4.79 Å². The highest BCUT2D eigenvalue weighted by molar-refractivity contribution is 5.94. The monoisotopic (exact) mass is 333 g/mol. The first-order valence-corrected chi connectivity index (χ1v) is 8.57. The number of benzene rings is 1. The fraction of sp³-hybridized carbons (Fsp3) is 0.238. The van der Waals surface area contributed by atoms with E-state index in [0.29, 0.717) is 18.0 Å². The van der Waals surface area contributed by atoms with Gasteiger partial charge < -0.3 is 9.30 Å². The maximum absolute atomic E-state index is 12.9. The van der Waals surface area contributed by atoms with Crippen LogP contribution in [0.3, 0.4) is 0 Å². The maximum atomic E-state index is 12.9. The Kier molecular flexibility index (Phi) is 5.29. The molecule has 0 aliphatic carbocycles. The molecule has 0 radical (unpaired) electrons. The van der Waals surface area contributed by atoms with Crippen molar-refractivity contribution >= 4 is 17.6 Å². The number of rotatable bonds is 6. The van der Waals surface area contributed by atoms with Gasteiger partial charge in [0.15, 0.2) is 0 Å². The van der Waals surface area contributed by atoms with Crippen LogP contribution in [0.15, 0.2) is 67.1 Å². The van der Waals surface area contributed by atoms with Crippen molar-refractivity contribution in [3.05, 3.63) is 78.3 Å². The van der Waals surface area contributed by atoms with Crippen LogP contribution in [-0.4, -0.2) is 33.3 Å². The lowest BCUT2D eigenvalue weighted by Crippen LogP contribution is -2.34. The van der Waals surface area contributed by atoms with Crippen LogP contribution < -0.4 is 0 Å². The number of imidazole rings is 1. The van der Waals surface area contributed by atoms with Gasteiger partial charge in [-0.25, -0.2) is 4.98 Å². The average Bonchev–Trinajstić information content (AvgIpc) is 3.08. The molecule has 0 saturated carbocycles. The molecular formula is C21H23N3O. The molecule has 2 aromatic heterocycles. The third kappa shape index (κ3) is 4.35. The number of fused-ring (bicyclic) bond motifs is 1. The van der Waals surface area contributed by atoms with E-state index in [4.69, 9.17) is 0 Å². The number of nitrogens with zero attached hydrogens (tertiary/aromatic N) is 3. The molecule has 25 heavy (non-hydrogen) atoms. The third-order valence-electron chi connectivity index (χ3n) is 3.94. The molecular weight excluding hydrogens is 310 g/mol. The summed E-state index contributed by atoms with van der Waals surface area (Å²) in [4.78, 5) is 19.1. The zero-order chi connectivity index (χ0) is 17.6. The van der Waals surface area contributed by atoms with Crippen molar-refractivity contribution in [2.45, 2.75) is 13.8 Å². The van der Waals surface area contributed by atoms with Gasteiger partial charge in [0.25, 0.3) is 5.91 Å². The van der Waals surface area contributed by atoms with Gasteiger partial charge in [-0.2, -0.15) is 0 Å². The lowest BCUT2D eigenvalue weighted by Gasteiger charge is -2.23. The molecule has 4 heteroatoms. The van der Waals surface area contributed by atoms with Crippen LogP contribution in [0.1, 0.15) is 29.8 Å². The molecule has 3 aromatic rings. The van der Waals surface area contributed by atoms with Crippen LogP contribution in [0.2, 0.25) is 0 Å². The largest absolute Gasteiger partial charge is 0.335 e. The van der Waals surface area contributed by atoms with Crippen molar-refractivity contribution in [3.8, 4) is 0 Å². The summed E-state index contributed by atoms with van der Waals surface area (Å²) in [5, 5.41) is 0. The molecule has 0 bridgehead atoms. The fourth-order valence-corrected chi connectivity index (χ4v) is 2.79. The highest BCUT2D eigenvalue weighted by atomic mass is 16.2. The number of hydrogen-bond acceptors (Lipinski definition) is 2. The molecule has 128 valence electrons. The average molecular weight is 333 g/mol. The Morgan fingerprint density at radius 3 is 2.76 bits per heavy atom. The van der Waals surface area contributed by atoms with E-state index >= 15 is 0 Å². The zero-order valence-electron chi connectivity index (χ0n) is 14.7. The van der Waals surface area contributed by atoms with Gasteiger partial charge >= 0.3 is 0 Å². The SMILES string of the molecule is CC(C)CN(C/C=C/c1ccccc1)C(=O)c1ccc2nccn2c1. The van der Waals surface area contributed by atoms with E-state index in [1.165, 1.54) is 0 Å². The van der Waals surface area contributed by atoms with E-state index in [-0.39, 0.29) is 5.91 Å². The van der Waals surface area contributed by atoms with Crippen molar-refractivity contribution in [2.24, 2.45) is 5.92 Å². The van der Waals surface area contributed by atoms with Crippen LogP contribution in [-0.2, 0) is 0 Å². The van der Waals surface area contributed by atoms with Crippen LogP contribution in [0, 0.1) is 5.92 Å². The van der Waals surface area contributed by atoms with Crippen LogP contribution in [0.25, 0.3) is 11.7 Å². The van der Waals surface area contributed by atoms with Crippen LogP contribution in [0.4, 0.5) is 0 Å². The van der Waals surface area contributed by atoms with Crippen molar-refractivity contribution in [3.63, 3.8) is 0 Å². The minimum atomic E-state index is 0.0435. The van der Waals surface area contributed by atoms with E-state index in [9.17, 15) is 4.79 Å². The van der Waals surface area contributed by atoms with E-state index in [0.717, 1.165) is 17.8 Å². The lowest BCUT2D eigenvalue weighted by atomic mass is 10.1. The first kappa shape index (κ1) is 17.0. The first-order valence-electron chi connectivity index (χ1n) is 8.57. The topological polar surface area (TPSA) is 37.6 Å². The summed E-state index contributed by atoms with van der Waals surface area (Å²) in [6, 6.07) is 13.8. The predicted molar refractivity (Wildman–Crippen MR) is 101 cm³/mol. The second-order valence-corrected chi connectivity index (χ2v) is 6.53. The number of carbonyl (C=O) groups is 1. The summed E-state index contributed by atoms with van der Waals surface area (Å²) in [5.41, 5.74) is 2.66. The number of carbonyl (C=O) groups excluding carboxylic acids is 1. The normalized spacial score (nSPS) is 11.5. The predicted octanol–water partition coefficient (Wildman–Crippen LogP) is 4.15. The highest BCUT2D eigenvalue weighted by Gasteiger charge is 2.16. The van der Waals surface area contributed by atoms with Crippen molar-refractivity contribution < 1.29 is 4.79 Å². The smallest absolute Gasteiger partial charge is 0.255 e. The first-order chi connectivity index (χ1) is 12.1. The van der Waals surface area contributed by atoms with E-state index in [1.807, 2.05) is 58.1 Å². The summed E-state index contributed by atoms with van der Waals surface area (Å²) in [5.74, 6) is 0.452. The molecule has 0 fully saturated rings. The second kappa shape index (κ2) is 7.79. The molecule has 1 aromatic carbocycles. The van der Waals surface area contributed by atoms with Crippen molar-refractivity contribution in [2.75, 3.05) is 13.1 Å². The van der Waals surface area contributed by atoms with Gasteiger partial charge in [-0.05, 0) is 23.6 Å². The third-order valence-corrected chi connectivity index (χ3v) is 3.94. The van der Waals surface area contributed by atoms with Crippen LogP contribution in [0.5, 0.6) is 0 Å². The van der Waals surface area contributed by atoms with Gasteiger partial charge in [0.2, 0.25) is 0 Å². The van der Waals surface area contributed by atoms with Gasteiger partial charge in [0.1, 0.15) is 5.65 Å². The molecule has 0 N–H and O–H groups in total. The van der Waals surface area contributed by atoms with Crippen LogP contribution >= 0.6 is 0 Å². The Morgan fingerprint density at radius 1 is 1.20 bits per heavy atom. The summed E-state index contributed by atoms with van der Waals surface area (Å²) in [6.45, 7) is 5.56. The lowest BCUT2D eigenvalue weighted by molar-refractivity contribution is 0.0756. The Morgan fingerprint density at radius 2 is 2.00 bits per heavy atom. The minimum Gasteiger partial charge on any atom is -0.335 e. The highest BCUT2D eigenvalue weighted by Crippen LogP contribution is 2.11. The van der Waals surface area contributed by atoms with Gasteiger partial charge in [0, 0.05) is 31.7 Å². The maximum Gasteiger partial charge on any atom is 0.255 e. The number of aromatic nitrogens is 2. The summed E-state index contributed by atoms with van der Waals surface area (Å²) in [6.07, 6.45) is 9.54. The zero-order valence-corrected chi connectivity index (χ0v) is 14.7. The Hall–Kier alpha value is -2.88. The van der Waals surface area contributed by atoms with E-state index < -0.39 is 0 Å². The Balaban J connectivity index is 1.76. The molecule has 3 rings (SSSR count). The Labute approximate surface area is 148 Å². The molecule has 0 spiro atoms. The molecule has 0 unspecified atom stereocenters. The summed E-state index contributed by atoms with van der Waals surface area (Å²) in [7, 11) is 0. The quantitative estimate of drug-likeness (QED) is 0.680. The van der Waals surface area contributed by atoms with Gasteiger partial charge in [-0.15, -0.1) is 0 Å². The van der Waals surface area contributed by atoms with Gasteiger partial charge in [-0.1, -0.05) is 56.3 Å². The number of amides is 1. The number of pyridine rings is 1.